The molecule has 0 heterocycles. The van der Waals surface area contributed by atoms with Gasteiger partial charge in [-0.1, -0.05) is 0 Å². The first-order valence-electron chi connectivity index (χ1n) is 12.7. The van der Waals surface area contributed by atoms with Crippen LogP contribution in [0, 0.1) is 0 Å². The summed E-state index contributed by atoms with van der Waals surface area (Å²) in [7, 11) is 0. The van der Waals surface area contributed by atoms with Crippen molar-refractivity contribution in [2.75, 3.05) is 0 Å². The molecule has 195 valence electrons. The van der Waals surface area contributed by atoms with Gasteiger partial charge in [0.05, 0.1) is 0 Å². The van der Waals surface area contributed by atoms with E-state index in [2.05, 4.69) is 114 Å². The minimum atomic E-state index is -3.53. The van der Waals surface area contributed by atoms with Gasteiger partial charge in [0.15, 0.2) is 0 Å². The van der Waals surface area contributed by atoms with E-state index in [0.29, 0.717) is 0 Å². The van der Waals surface area contributed by atoms with Gasteiger partial charge in [-0.2, -0.15) is 0 Å². The summed E-state index contributed by atoms with van der Waals surface area (Å²) in [5.74, 6) is 0. The van der Waals surface area contributed by atoms with Gasteiger partial charge < -0.3 is 0 Å². The summed E-state index contributed by atoms with van der Waals surface area (Å²) in [6.45, 7) is 14.0. The van der Waals surface area contributed by atoms with Crippen molar-refractivity contribution in [3.05, 3.63) is 103 Å². The zero-order valence-electron chi connectivity index (χ0n) is 22.7. The van der Waals surface area contributed by atoms with Crippen LogP contribution >= 0.6 is 36.4 Å². The monoisotopic (exact) mass is 629 g/mol. The Labute approximate surface area is 244 Å². The molecule has 0 saturated heterocycles. The van der Waals surface area contributed by atoms with Gasteiger partial charge in [-0.25, -0.2) is 0 Å². The summed E-state index contributed by atoms with van der Waals surface area (Å²) in [4.78, 5) is 0. The predicted molar refractivity (Wildman–Crippen MR) is 166 cm³/mol. The molecule has 0 bridgehead atoms. The number of allylic oxidation sites excluding steroid dienone is 4. The van der Waals surface area contributed by atoms with Crippen molar-refractivity contribution >= 4 is 47.2 Å². The van der Waals surface area contributed by atoms with E-state index in [1.807, 2.05) is 0 Å². The fraction of sp³-hybridized carbons (Fsp3) is 0.303. The van der Waals surface area contributed by atoms with Crippen molar-refractivity contribution in [3.8, 4) is 11.1 Å². The number of rotatable bonds is 3. The second-order valence-corrected chi connectivity index (χ2v) is 21.4. The van der Waals surface area contributed by atoms with Crippen LogP contribution in [0.5, 0.6) is 0 Å². The second-order valence-electron chi connectivity index (χ2n) is 12.3. The molecule has 1 atom stereocenters. The fourth-order valence-corrected chi connectivity index (χ4v) is 16.3. The van der Waals surface area contributed by atoms with Gasteiger partial charge in [-0.05, 0) is 0 Å². The van der Waals surface area contributed by atoms with Crippen molar-refractivity contribution < 1.29 is 19.8 Å². The number of halogens is 3. The van der Waals surface area contributed by atoms with Gasteiger partial charge in [0.2, 0.25) is 0 Å². The van der Waals surface area contributed by atoms with Gasteiger partial charge in [0.25, 0.3) is 0 Å². The molecule has 0 aliphatic heterocycles. The van der Waals surface area contributed by atoms with E-state index in [-0.39, 0.29) is 35.6 Å². The average Bonchev–Trinajstić information content (AvgIpc) is 3.45. The first-order valence-corrected chi connectivity index (χ1v) is 18.5. The molecule has 0 saturated carbocycles. The number of hydrogen-bond acceptors (Lipinski definition) is 0. The topological polar surface area (TPSA) is 0 Å². The third-order valence-corrected chi connectivity index (χ3v) is 18.4. The SMILES string of the molecule is Cl.Cl.[CH2]=[Zr]([C]1=CC=CC1)([c]1ccc(Cl)cc1)[c]1c(C(C)(C)C)ccc2c1Cc1cc(C(C)(C)C)ccc1-2. The van der Waals surface area contributed by atoms with E-state index >= 15 is 0 Å². The summed E-state index contributed by atoms with van der Waals surface area (Å²) in [5.41, 5.74) is 8.85. The Morgan fingerprint density at radius 1 is 0.811 bits per heavy atom. The van der Waals surface area contributed by atoms with Crippen molar-refractivity contribution in [1.29, 1.82) is 0 Å². The van der Waals surface area contributed by atoms with Crippen molar-refractivity contribution in [2.45, 2.75) is 65.2 Å². The fourth-order valence-electron chi connectivity index (χ4n) is 5.84. The Morgan fingerprint density at radius 2 is 1.46 bits per heavy atom. The third kappa shape index (κ3) is 5.32. The van der Waals surface area contributed by atoms with E-state index in [0.717, 1.165) is 17.9 Å². The van der Waals surface area contributed by atoms with Crippen LogP contribution in [0.25, 0.3) is 11.1 Å². The van der Waals surface area contributed by atoms with E-state index in [1.54, 1.807) is 6.55 Å². The molecule has 2 aliphatic rings. The van der Waals surface area contributed by atoms with Gasteiger partial charge in [-0.15, -0.1) is 24.8 Å². The van der Waals surface area contributed by atoms with Crippen LogP contribution < -0.4 is 6.54 Å². The van der Waals surface area contributed by atoms with Gasteiger partial charge in [0.1, 0.15) is 0 Å². The number of fused-ring (bicyclic) bond motifs is 3. The normalized spacial score (nSPS) is 15.7. The van der Waals surface area contributed by atoms with Crippen molar-refractivity contribution in [2.24, 2.45) is 0 Å². The van der Waals surface area contributed by atoms with Crippen LogP contribution in [0.3, 0.4) is 0 Å². The molecule has 0 nitrogen and oxygen atoms in total. The molecule has 0 radical (unpaired) electrons. The molecule has 37 heavy (non-hydrogen) atoms. The molecular formula is C33H38Cl3Zr. The quantitative estimate of drug-likeness (QED) is 0.212. The van der Waals surface area contributed by atoms with Gasteiger partial charge in [0, 0.05) is 0 Å². The summed E-state index contributed by atoms with van der Waals surface area (Å²) < 4.78 is 9.78. The van der Waals surface area contributed by atoms with Gasteiger partial charge >= 0.3 is 222 Å². The first kappa shape index (κ1) is 30.3. The molecule has 1 unspecified atom stereocenters. The molecule has 3 aromatic carbocycles. The van der Waals surface area contributed by atoms with Crippen molar-refractivity contribution in [1.82, 2.24) is 0 Å². The van der Waals surface area contributed by atoms with Crippen LogP contribution in [-0.2, 0) is 37.0 Å². The van der Waals surface area contributed by atoms with Crippen LogP contribution in [-0.4, -0.2) is 4.21 Å². The Balaban J connectivity index is 0.00000190. The number of benzene rings is 3. The molecule has 0 fully saturated rings. The molecule has 0 aromatic heterocycles. The average molecular weight is 632 g/mol. The third-order valence-electron chi connectivity index (χ3n) is 7.83. The summed E-state index contributed by atoms with van der Waals surface area (Å²) in [5, 5.41) is 0.789. The molecule has 2 aliphatic carbocycles. The summed E-state index contributed by atoms with van der Waals surface area (Å²) >= 11 is 2.82. The second kappa shape index (κ2) is 10.7. The first-order chi connectivity index (χ1) is 16.4. The zero-order valence-corrected chi connectivity index (χ0v) is 27.6. The maximum atomic E-state index is 6.35. The standard InChI is InChI=1S/C21H25.C6H4Cl.C5H5.CH2.2ClH.Zr/c1-20(2,3)16-7-9-18-14(12-16)11-15-13-17(21(4,5)6)8-10-19(15)18;7-6-4-2-1-3-5-6;1-2-4-5-3-1;;;;/h7-10,12H,11H2,1-6H3;2-5H;1-3H,4H2;1H2;2*1H;. The molecule has 0 N–H and O–H groups in total. The Kier molecular flexibility index (Phi) is 8.79. The Hall–Kier alpha value is -1.24. The Bertz CT molecular complexity index is 1430. The maximum absolute atomic E-state index is 6.35. The molecule has 4 heteroatoms. The van der Waals surface area contributed by atoms with E-state index in [1.165, 1.54) is 36.7 Å². The zero-order chi connectivity index (χ0) is 25.2. The predicted octanol–water partition coefficient (Wildman–Crippen LogP) is 8.73. The van der Waals surface area contributed by atoms with E-state index in [9.17, 15) is 0 Å². The van der Waals surface area contributed by atoms with Crippen LogP contribution in [0.15, 0.2) is 76.1 Å². The van der Waals surface area contributed by atoms with Crippen molar-refractivity contribution in [3.63, 3.8) is 0 Å². The summed E-state index contributed by atoms with van der Waals surface area (Å²) in [6.07, 6.45) is 8.90. The van der Waals surface area contributed by atoms with Crippen LogP contribution in [0.4, 0.5) is 0 Å². The summed E-state index contributed by atoms with van der Waals surface area (Å²) in [6, 6.07) is 20.6. The van der Waals surface area contributed by atoms with E-state index < -0.39 is 19.8 Å². The molecular weight excluding hydrogens is 594 g/mol. The van der Waals surface area contributed by atoms with Gasteiger partial charge in [-0.3, -0.25) is 0 Å². The Morgan fingerprint density at radius 3 is 2.03 bits per heavy atom. The molecule has 5 rings (SSSR count). The molecule has 0 spiro atoms. The van der Waals surface area contributed by atoms with E-state index in [4.69, 9.17) is 15.8 Å². The molecule has 3 aromatic rings. The minimum absolute atomic E-state index is 0. The van der Waals surface area contributed by atoms with Crippen LogP contribution in [0.1, 0.15) is 70.2 Å². The molecule has 0 amide bonds. The number of hydrogen-bond donors (Lipinski definition) is 0. The van der Waals surface area contributed by atoms with Crippen LogP contribution in [0.2, 0.25) is 5.02 Å².